The van der Waals surface area contributed by atoms with Crippen LogP contribution in [0.15, 0.2) is 17.1 Å². The molecule has 1 aromatic rings. The Kier molecular flexibility index (Phi) is 2.19. The topological polar surface area (TPSA) is 56.6 Å². The Morgan fingerprint density at radius 1 is 1.58 bits per heavy atom. The molecule has 1 N–H and O–H groups in total. The lowest BCUT2D eigenvalue weighted by atomic mass is 10.2. The molecule has 5 heteroatoms. The zero-order chi connectivity index (χ0) is 9.14. The molecule has 0 radical (unpaired) electrons. The number of pyridine rings is 1. The summed E-state index contributed by atoms with van der Waals surface area (Å²) in [5.41, 5.74) is -1.29. The minimum Gasteiger partial charge on any atom is -0.329 e. The van der Waals surface area contributed by atoms with Crippen LogP contribution >= 0.6 is 0 Å². The summed E-state index contributed by atoms with van der Waals surface area (Å²) in [6, 6.07) is 2.37. The number of halogens is 2. The minimum atomic E-state index is -2.74. The van der Waals surface area contributed by atoms with E-state index in [4.69, 9.17) is 5.26 Å². The van der Waals surface area contributed by atoms with Crippen molar-refractivity contribution < 1.29 is 8.78 Å². The van der Waals surface area contributed by atoms with Crippen molar-refractivity contribution in [2.45, 2.75) is 6.43 Å². The van der Waals surface area contributed by atoms with Gasteiger partial charge < -0.3 is 4.98 Å². The molecular weight excluding hydrogens is 166 g/mol. The number of hydrogen-bond donors (Lipinski definition) is 1. The van der Waals surface area contributed by atoms with Crippen molar-refractivity contribution in [1.82, 2.24) is 4.98 Å². The summed E-state index contributed by atoms with van der Waals surface area (Å²) in [6.45, 7) is 0. The predicted molar refractivity (Wildman–Crippen MR) is 36.7 cm³/mol. The van der Waals surface area contributed by atoms with E-state index in [-0.39, 0.29) is 5.56 Å². The molecule has 0 aliphatic heterocycles. The molecule has 0 bridgehead atoms. The van der Waals surface area contributed by atoms with Crippen LogP contribution in [-0.2, 0) is 0 Å². The minimum absolute atomic E-state index is 0.284. The third-order valence-corrected chi connectivity index (χ3v) is 1.31. The van der Waals surface area contributed by atoms with Crippen molar-refractivity contribution in [3.63, 3.8) is 0 Å². The molecule has 12 heavy (non-hydrogen) atoms. The molecular formula is C7H4F2N2O. The Morgan fingerprint density at radius 2 is 2.25 bits per heavy atom. The van der Waals surface area contributed by atoms with Gasteiger partial charge in [-0.05, 0) is 0 Å². The fraction of sp³-hybridized carbons (Fsp3) is 0.143. The number of H-pyrrole nitrogens is 1. The molecule has 1 aromatic heterocycles. The van der Waals surface area contributed by atoms with E-state index in [1.165, 1.54) is 6.07 Å². The van der Waals surface area contributed by atoms with E-state index in [9.17, 15) is 13.6 Å². The van der Waals surface area contributed by atoms with Crippen LogP contribution in [0.4, 0.5) is 8.78 Å². The summed E-state index contributed by atoms with van der Waals surface area (Å²) in [5.74, 6) is 0. The summed E-state index contributed by atoms with van der Waals surface area (Å²) in [5, 5.41) is 8.36. The normalized spacial score (nSPS) is 9.83. The molecule has 0 unspecified atom stereocenters. The van der Waals surface area contributed by atoms with Crippen LogP contribution < -0.4 is 5.56 Å². The number of aromatic nitrogens is 1. The summed E-state index contributed by atoms with van der Waals surface area (Å²) in [6.07, 6.45) is -1.89. The van der Waals surface area contributed by atoms with Crippen LogP contribution in [0.25, 0.3) is 0 Å². The number of rotatable bonds is 1. The number of nitriles is 1. The SMILES string of the molecule is N#Cc1cc(=O)[nH]cc1C(F)F. The summed E-state index contributed by atoms with van der Waals surface area (Å²) in [4.78, 5) is 12.6. The van der Waals surface area contributed by atoms with Gasteiger partial charge in [0.05, 0.1) is 17.2 Å². The van der Waals surface area contributed by atoms with Crippen LogP contribution in [0.2, 0.25) is 0 Å². The molecule has 0 atom stereocenters. The molecule has 0 fully saturated rings. The molecule has 0 aliphatic carbocycles. The zero-order valence-corrected chi connectivity index (χ0v) is 5.84. The van der Waals surface area contributed by atoms with Gasteiger partial charge in [-0.25, -0.2) is 8.78 Å². The standard InChI is InChI=1S/C7H4F2N2O/c8-7(9)5-3-11-6(12)1-4(5)2-10/h1,3,7H,(H,11,12). The van der Waals surface area contributed by atoms with Crippen LogP contribution in [0.1, 0.15) is 17.6 Å². The van der Waals surface area contributed by atoms with E-state index >= 15 is 0 Å². The fourth-order valence-electron chi connectivity index (χ4n) is 0.760. The highest BCUT2D eigenvalue weighted by molar-refractivity contribution is 5.35. The van der Waals surface area contributed by atoms with Crippen molar-refractivity contribution in [2.24, 2.45) is 0 Å². The molecule has 0 aromatic carbocycles. The highest BCUT2D eigenvalue weighted by Gasteiger charge is 2.12. The molecule has 0 saturated heterocycles. The van der Waals surface area contributed by atoms with Crippen LogP contribution in [-0.4, -0.2) is 4.98 Å². The second-order valence-electron chi connectivity index (χ2n) is 2.08. The first-order valence-corrected chi connectivity index (χ1v) is 3.06. The number of nitrogens with zero attached hydrogens (tertiary/aromatic N) is 1. The third kappa shape index (κ3) is 1.48. The number of hydrogen-bond acceptors (Lipinski definition) is 2. The van der Waals surface area contributed by atoms with Gasteiger partial charge in [0.25, 0.3) is 6.43 Å². The second kappa shape index (κ2) is 3.13. The van der Waals surface area contributed by atoms with Crippen LogP contribution in [0, 0.1) is 11.3 Å². The predicted octanol–water partition coefficient (Wildman–Crippen LogP) is 1.18. The molecule has 0 aliphatic rings. The van der Waals surface area contributed by atoms with Gasteiger partial charge in [-0.3, -0.25) is 4.79 Å². The smallest absolute Gasteiger partial charge is 0.266 e. The lowest BCUT2D eigenvalue weighted by Crippen LogP contribution is -2.06. The zero-order valence-electron chi connectivity index (χ0n) is 5.84. The van der Waals surface area contributed by atoms with Crippen molar-refractivity contribution in [3.05, 3.63) is 33.7 Å². The van der Waals surface area contributed by atoms with Crippen molar-refractivity contribution in [2.75, 3.05) is 0 Å². The first-order chi connectivity index (χ1) is 5.65. The average Bonchev–Trinajstić information content (AvgIpc) is 2.03. The fourth-order valence-corrected chi connectivity index (χ4v) is 0.760. The van der Waals surface area contributed by atoms with Gasteiger partial charge in [0.15, 0.2) is 0 Å². The van der Waals surface area contributed by atoms with Gasteiger partial charge in [0.1, 0.15) is 0 Å². The monoisotopic (exact) mass is 170 g/mol. The van der Waals surface area contributed by atoms with E-state index in [0.717, 1.165) is 12.3 Å². The largest absolute Gasteiger partial charge is 0.329 e. The Labute approximate surface area is 66.3 Å². The van der Waals surface area contributed by atoms with Gasteiger partial charge in [-0.1, -0.05) is 0 Å². The van der Waals surface area contributed by atoms with Gasteiger partial charge in [-0.15, -0.1) is 0 Å². The van der Waals surface area contributed by atoms with E-state index in [1.54, 1.807) is 0 Å². The molecule has 0 amide bonds. The Hall–Kier alpha value is -1.70. The maximum absolute atomic E-state index is 12.1. The summed E-state index contributed by atoms with van der Waals surface area (Å²) >= 11 is 0. The molecule has 1 heterocycles. The van der Waals surface area contributed by atoms with E-state index in [0.29, 0.717) is 0 Å². The average molecular weight is 170 g/mol. The van der Waals surface area contributed by atoms with E-state index in [1.807, 2.05) is 0 Å². The Morgan fingerprint density at radius 3 is 2.75 bits per heavy atom. The lowest BCUT2D eigenvalue weighted by Gasteiger charge is -1.99. The summed E-state index contributed by atoms with van der Waals surface area (Å²) < 4.78 is 24.1. The molecule has 0 spiro atoms. The first-order valence-electron chi connectivity index (χ1n) is 3.06. The van der Waals surface area contributed by atoms with Crippen molar-refractivity contribution in [1.29, 1.82) is 5.26 Å². The highest BCUT2D eigenvalue weighted by atomic mass is 19.3. The highest BCUT2D eigenvalue weighted by Crippen LogP contribution is 2.19. The molecule has 62 valence electrons. The summed E-state index contributed by atoms with van der Waals surface area (Å²) in [7, 11) is 0. The molecule has 0 saturated carbocycles. The van der Waals surface area contributed by atoms with E-state index in [2.05, 4.69) is 4.98 Å². The van der Waals surface area contributed by atoms with Crippen LogP contribution in [0.5, 0.6) is 0 Å². The van der Waals surface area contributed by atoms with Gasteiger partial charge in [0.2, 0.25) is 5.56 Å². The molecule has 3 nitrogen and oxygen atoms in total. The second-order valence-corrected chi connectivity index (χ2v) is 2.08. The first kappa shape index (κ1) is 8.40. The molecule has 1 rings (SSSR count). The maximum Gasteiger partial charge on any atom is 0.266 e. The maximum atomic E-state index is 12.1. The Bertz CT molecular complexity index is 378. The number of nitrogens with one attached hydrogen (secondary N) is 1. The lowest BCUT2D eigenvalue weighted by molar-refractivity contribution is 0.150. The van der Waals surface area contributed by atoms with Gasteiger partial charge >= 0.3 is 0 Å². The quantitative estimate of drug-likeness (QED) is 0.688. The van der Waals surface area contributed by atoms with Gasteiger partial charge in [0, 0.05) is 12.3 Å². The number of alkyl halides is 2. The number of aromatic amines is 1. The van der Waals surface area contributed by atoms with E-state index < -0.39 is 17.5 Å². The van der Waals surface area contributed by atoms with Crippen LogP contribution in [0.3, 0.4) is 0 Å². The Balaban J connectivity index is 3.32. The van der Waals surface area contributed by atoms with Crippen molar-refractivity contribution in [3.8, 4) is 6.07 Å². The third-order valence-electron chi connectivity index (χ3n) is 1.31. The van der Waals surface area contributed by atoms with Gasteiger partial charge in [-0.2, -0.15) is 5.26 Å². The van der Waals surface area contributed by atoms with Crippen molar-refractivity contribution >= 4 is 0 Å².